The molecule has 1 aromatic carbocycles. The maximum Gasteiger partial charge on any atom is 0.494 e. The van der Waals surface area contributed by atoms with Crippen LogP contribution in [-0.4, -0.2) is 30.7 Å². The van der Waals surface area contributed by atoms with Crippen molar-refractivity contribution in [2.75, 3.05) is 11.6 Å². The molecule has 0 bridgehead atoms. The van der Waals surface area contributed by atoms with Crippen molar-refractivity contribution in [2.45, 2.75) is 59.7 Å². The molecule has 0 N–H and O–H groups in total. The molecule has 0 saturated carbocycles. The Kier molecular flexibility index (Phi) is 4.58. The van der Waals surface area contributed by atoms with Gasteiger partial charge < -0.3 is 14.2 Å². The zero-order valence-corrected chi connectivity index (χ0v) is 16.5. The van der Waals surface area contributed by atoms with Gasteiger partial charge in [0.25, 0.3) is 0 Å². The Morgan fingerprint density at radius 3 is 2.24 bits per heavy atom. The molecule has 4 nitrogen and oxygen atoms in total. The van der Waals surface area contributed by atoms with Gasteiger partial charge >= 0.3 is 7.12 Å². The topological polar surface area (TPSA) is 34.1 Å². The summed E-state index contributed by atoms with van der Waals surface area (Å²) in [6.07, 6.45) is 4.22. The largest absolute Gasteiger partial charge is 0.494 e. The highest BCUT2D eigenvalue weighted by atomic mass is 16.7. The summed E-state index contributed by atoms with van der Waals surface area (Å²) in [6.45, 7) is 15.4. The van der Waals surface area contributed by atoms with Crippen molar-refractivity contribution < 1.29 is 9.31 Å². The lowest BCUT2D eigenvalue weighted by molar-refractivity contribution is 0.00578. The fourth-order valence-corrected chi connectivity index (χ4v) is 3.04. The minimum Gasteiger partial charge on any atom is -0.399 e. The van der Waals surface area contributed by atoms with Gasteiger partial charge in [0.2, 0.25) is 0 Å². The van der Waals surface area contributed by atoms with E-state index < -0.39 is 0 Å². The first-order valence-electron chi connectivity index (χ1n) is 9.05. The molecule has 0 atom stereocenters. The number of aliphatic imine (C=N–C) groups is 1. The van der Waals surface area contributed by atoms with E-state index in [9.17, 15) is 0 Å². The number of hydrogen-bond acceptors (Lipinski definition) is 4. The van der Waals surface area contributed by atoms with E-state index in [-0.39, 0.29) is 18.3 Å². The molecule has 0 aromatic heterocycles. The molecule has 5 heteroatoms. The van der Waals surface area contributed by atoms with Crippen LogP contribution >= 0.6 is 0 Å². The van der Waals surface area contributed by atoms with Crippen molar-refractivity contribution in [1.29, 1.82) is 0 Å². The van der Waals surface area contributed by atoms with E-state index in [2.05, 4.69) is 88.8 Å². The van der Waals surface area contributed by atoms with Crippen LogP contribution < -0.4 is 10.4 Å². The quantitative estimate of drug-likeness (QED) is 0.787. The van der Waals surface area contributed by atoms with E-state index in [1.165, 1.54) is 5.56 Å². The fourth-order valence-electron chi connectivity index (χ4n) is 3.04. The molecule has 0 spiro atoms. The monoisotopic (exact) mass is 340 g/mol. The van der Waals surface area contributed by atoms with Crippen molar-refractivity contribution in [3.8, 4) is 0 Å². The Hall–Kier alpha value is -1.59. The van der Waals surface area contributed by atoms with Gasteiger partial charge in [-0.25, -0.2) is 0 Å². The van der Waals surface area contributed by atoms with Crippen LogP contribution in [0.3, 0.4) is 0 Å². The Morgan fingerprint density at radius 2 is 1.72 bits per heavy atom. The highest BCUT2D eigenvalue weighted by Crippen LogP contribution is 2.36. The van der Waals surface area contributed by atoms with Gasteiger partial charge in [-0.2, -0.15) is 0 Å². The summed E-state index contributed by atoms with van der Waals surface area (Å²) in [4.78, 5) is 6.84. The molecule has 2 heterocycles. The van der Waals surface area contributed by atoms with Crippen LogP contribution in [-0.2, 0) is 9.31 Å². The molecule has 0 unspecified atom stereocenters. The average molecular weight is 340 g/mol. The van der Waals surface area contributed by atoms with E-state index >= 15 is 0 Å². The summed E-state index contributed by atoms with van der Waals surface area (Å²) in [5, 5.41) is 0. The molecule has 1 fully saturated rings. The maximum absolute atomic E-state index is 6.21. The van der Waals surface area contributed by atoms with E-state index in [1.54, 1.807) is 0 Å². The van der Waals surface area contributed by atoms with Crippen molar-refractivity contribution in [1.82, 2.24) is 0 Å². The number of allylic oxidation sites excluding steroid dienone is 1. The summed E-state index contributed by atoms with van der Waals surface area (Å²) in [5.41, 5.74) is 3.85. The third-order valence-corrected chi connectivity index (χ3v) is 5.36. The maximum atomic E-state index is 6.21. The first-order valence-corrected chi connectivity index (χ1v) is 9.05. The van der Waals surface area contributed by atoms with Crippen LogP contribution in [0.2, 0.25) is 0 Å². The molecular formula is C20H29BN2O2. The lowest BCUT2D eigenvalue weighted by Gasteiger charge is -2.32. The van der Waals surface area contributed by atoms with Crippen LogP contribution in [0.15, 0.2) is 35.5 Å². The Bertz CT molecular complexity index is 706. The predicted octanol–water partition coefficient (Wildman–Crippen LogP) is 3.68. The average Bonchev–Trinajstić information content (AvgIpc) is 2.75. The molecule has 0 radical (unpaired) electrons. The zero-order chi connectivity index (χ0) is 18.4. The number of benzene rings is 1. The summed E-state index contributed by atoms with van der Waals surface area (Å²) in [6, 6.07) is 6.46. The molecule has 0 amide bonds. The minimum atomic E-state index is -0.341. The van der Waals surface area contributed by atoms with E-state index in [0.717, 1.165) is 16.9 Å². The van der Waals surface area contributed by atoms with Crippen LogP contribution in [0.1, 0.15) is 47.1 Å². The number of nitrogens with zero attached hydrogens (tertiary/aromatic N) is 2. The summed E-state index contributed by atoms with van der Waals surface area (Å²) < 4.78 is 12.4. The molecule has 2 aliphatic rings. The number of anilines is 1. The molecular weight excluding hydrogens is 311 g/mol. The third-order valence-electron chi connectivity index (χ3n) is 5.36. The van der Waals surface area contributed by atoms with Crippen molar-refractivity contribution in [3.63, 3.8) is 0 Å². The second-order valence-corrected chi connectivity index (χ2v) is 8.35. The summed E-state index contributed by atoms with van der Waals surface area (Å²) in [7, 11) is -0.341. The van der Waals surface area contributed by atoms with Gasteiger partial charge in [0.05, 0.1) is 11.2 Å². The first kappa shape index (κ1) is 18.2. The van der Waals surface area contributed by atoms with Crippen LogP contribution in [0.25, 0.3) is 0 Å². The minimum absolute atomic E-state index is 0.330. The third kappa shape index (κ3) is 3.53. The second kappa shape index (κ2) is 6.29. The van der Waals surface area contributed by atoms with Crippen molar-refractivity contribution in [2.24, 2.45) is 10.9 Å². The second-order valence-electron chi connectivity index (χ2n) is 8.35. The molecule has 25 heavy (non-hydrogen) atoms. The zero-order valence-electron chi connectivity index (χ0n) is 16.5. The van der Waals surface area contributed by atoms with Gasteiger partial charge in [0.15, 0.2) is 0 Å². The lowest BCUT2D eigenvalue weighted by Crippen LogP contribution is -2.41. The fraction of sp³-hybridized carbons (Fsp3) is 0.550. The van der Waals surface area contributed by atoms with Gasteiger partial charge in [-0.3, -0.25) is 4.99 Å². The van der Waals surface area contributed by atoms with E-state index in [0.29, 0.717) is 12.6 Å². The summed E-state index contributed by atoms with van der Waals surface area (Å²) in [5.74, 6) is 0.455. The van der Waals surface area contributed by atoms with Gasteiger partial charge in [-0.15, -0.1) is 0 Å². The Balaban J connectivity index is 1.85. The predicted molar refractivity (Wildman–Crippen MR) is 106 cm³/mol. The number of aryl methyl sites for hydroxylation is 1. The molecule has 2 aliphatic heterocycles. The molecule has 3 rings (SSSR count). The van der Waals surface area contributed by atoms with Gasteiger partial charge in [0, 0.05) is 17.6 Å². The Labute approximate surface area is 152 Å². The molecule has 0 aliphatic carbocycles. The standard InChI is InChI=1S/C20H29BN2O2/c1-14(2)18-8-9-23(13-22-18)17-11-15(3)10-16(12-17)21-24-19(4,5)20(6,7)25-21/h8-12,14H,13H2,1-7H3. The van der Waals surface area contributed by atoms with E-state index in [1.807, 2.05) is 0 Å². The Morgan fingerprint density at radius 1 is 1.08 bits per heavy atom. The van der Waals surface area contributed by atoms with Crippen molar-refractivity contribution in [3.05, 3.63) is 36.0 Å². The normalized spacial score (nSPS) is 21.8. The van der Waals surface area contributed by atoms with Crippen LogP contribution in [0.5, 0.6) is 0 Å². The molecule has 1 saturated heterocycles. The van der Waals surface area contributed by atoms with Gasteiger partial charge in [-0.1, -0.05) is 19.9 Å². The summed E-state index contributed by atoms with van der Waals surface area (Å²) >= 11 is 0. The van der Waals surface area contributed by atoms with Crippen LogP contribution in [0.4, 0.5) is 5.69 Å². The van der Waals surface area contributed by atoms with E-state index in [4.69, 9.17) is 9.31 Å². The number of rotatable bonds is 3. The smallest absolute Gasteiger partial charge is 0.399 e. The number of hydrogen-bond donors (Lipinski definition) is 0. The van der Waals surface area contributed by atoms with Gasteiger partial charge in [0.1, 0.15) is 6.67 Å². The lowest BCUT2D eigenvalue weighted by atomic mass is 9.78. The molecule has 1 aromatic rings. The van der Waals surface area contributed by atoms with Gasteiger partial charge in [-0.05, 0) is 69.8 Å². The van der Waals surface area contributed by atoms with Crippen LogP contribution in [0, 0.1) is 12.8 Å². The highest BCUT2D eigenvalue weighted by molar-refractivity contribution is 6.62. The SMILES string of the molecule is Cc1cc(B2OC(C)(C)C(C)(C)O2)cc(N2C=CC(C(C)C)=NC2)c1. The molecule has 134 valence electrons. The first-order chi connectivity index (χ1) is 11.6. The highest BCUT2D eigenvalue weighted by Gasteiger charge is 2.51. The van der Waals surface area contributed by atoms with Crippen molar-refractivity contribution >= 4 is 24.0 Å².